The summed E-state index contributed by atoms with van der Waals surface area (Å²) in [6.07, 6.45) is 0.955. The standard InChI is InChI=1S/C43H60N4O7/c1-7-8-23-43(36-22-14-19-33-18-12-13-21-35(33)36,47(40(51)31(6)44)42(53)54-28-32-16-10-9-11-17-32)41(52)46-37(25-29(2)3)38(49)26-34(20-15-24-48)39(50)45-27-30(4)5/h9-14,16-19,21-22,26,29-31,37-38,48-49H,7-8,15,20,23-25,27-28,44H2,1-6H3,(H,45,50)(H,46,52)/t31-,37-,38-,43+/m0/s1. The Labute approximate surface area is 320 Å². The van der Waals surface area contributed by atoms with Gasteiger partial charge >= 0.3 is 6.09 Å². The van der Waals surface area contributed by atoms with Crippen molar-refractivity contribution in [2.75, 3.05) is 13.2 Å². The number of nitrogens with zero attached hydrogens (tertiary/aromatic N) is 1. The summed E-state index contributed by atoms with van der Waals surface area (Å²) in [5, 5.41) is 28.8. The van der Waals surface area contributed by atoms with Crippen molar-refractivity contribution in [1.29, 1.82) is 0 Å². The molecule has 294 valence electrons. The molecule has 0 bridgehead atoms. The fourth-order valence-electron chi connectivity index (χ4n) is 6.50. The normalized spacial score (nSPS) is 14.6. The molecular weight excluding hydrogens is 684 g/mol. The zero-order valence-corrected chi connectivity index (χ0v) is 32.7. The monoisotopic (exact) mass is 744 g/mol. The van der Waals surface area contributed by atoms with Crippen LogP contribution in [0, 0.1) is 11.8 Å². The first-order valence-corrected chi connectivity index (χ1v) is 19.1. The third-order valence-corrected chi connectivity index (χ3v) is 9.28. The Kier molecular flexibility index (Phi) is 17.3. The van der Waals surface area contributed by atoms with Gasteiger partial charge in [-0.05, 0) is 72.4 Å². The molecule has 4 atom stereocenters. The molecule has 0 saturated heterocycles. The second-order valence-electron chi connectivity index (χ2n) is 14.8. The van der Waals surface area contributed by atoms with Gasteiger partial charge in [0, 0.05) is 18.7 Å². The molecule has 3 aromatic rings. The number of rotatable bonds is 20. The van der Waals surface area contributed by atoms with Crippen molar-refractivity contribution in [1.82, 2.24) is 15.5 Å². The minimum Gasteiger partial charge on any atom is -0.444 e. The zero-order valence-electron chi connectivity index (χ0n) is 32.7. The molecule has 0 aliphatic carbocycles. The highest BCUT2D eigenvalue weighted by atomic mass is 16.6. The van der Waals surface area contributed by atoms with Crippen LogP contribution < -0.4 is 16.4 Å². The average molecular weight is 745 g/mol. The van der Waals surface area contributed by atoms with Gasteiger partial charge in [-0.3, -0.25) is 14.4 Å². The second kappa shape index (κ2) is 21.3. The summed E-state index contributed by atoms with van der Waals surface area (Å²) in [6, 6.07) is 19.7. The predicted octanol–water partition coefficient (Wildman–Crippen LogP) is 6.10. The van der Waals surface area contributed by atoms with Crippen LogP contribution in [0.2, 0.25) is 0 Å². The van der Waals surface area contributed by atoms with Crippen molar-refractivity contribution in [2.24, 2.45) is 17.6 Å². The Morgan fingerprint density at radius 3 is 2.20 bits per heavy atom. The van der Waals surface area contributed by atoms with Crippen LogP contribution in [0.15, 0.2) is 84.4 Å². The Morgan fingerprint density at radius 1 is 0.907 bits per heavy atom. The van der Waals surface area contributed by atoms with Crippen molar-refractivity contribution in [3.05, 3.63) is 95.6 Å². The molecule has 0 aliphatic rings. The number of benzene rings is 3. The number of ether oxygens (including phenoxy) is 1. The Bertz CT molecular complexity index is 1700. The molecular formula is C43H60N4O7. The molecule has 11 nitrogen and oxygen atoms in total. The number of hydrogen-bond acceptors (Lipinski definition) is 8. The van der Waals surface area contributed by atoms with Gasteiger partial charge in [-0.25, -0.2) is 9.69 Å². The van der Waals surface area contributed by atoms with E-state index in [0.29, 0.717) is 48.7 Å². The van der Waals surface area contributed by atoms with E-state index in [0.717, 1.165) is 10.3 Å². The molecule has 0 saturated carbocycles. The largest absolute Gasteiger partial charge is 0.444 e. The van der Waals surface area contributed by atoms with Gasteiger partial charge in [0.2, 0.25) is 11.8 Å². The van der Waals surface area contributed by atoms with E-state index in [9.17, 15) is 24.6 Å². The number of nitrogens with one attached hydrogen (secondary N) is 2. The smallest absolute Gasteiger partial charge is 0.418 e. The maximum atomic E-state index is 15.4. The third-order valence-electron chi connectivity index (χ3n) is 9.28. The molecule has 0 fully saturated rings. The van der Waals surface area contributed by atoms with E-state index in [1.807, 2.05) is 71.0 Å². The van der Waals surface area contributed by atoms with Crippen LogP contribution in [0.5, 0.6) is 0 Å². The van der Waals surface area contributed by atoms with Crippen LogP contribution >= 0.6 is 0 Å². The topological polar surface area (TPSA) is 171 Å². The Balaban J connectivity index is 2.28. The lowest BCUT2D eigenvalue weighted by atomic mass is 9.79. The second-order valence-corrected chi connectivity index (χ2v) is 14.8. The fraction of sp³-hybridized carbons (Fsp3) is 0.488. The van der Waals surface area contributed by atoms with Crippen LogP contribution in [-0.4, -0.2) is 70.3 Å². The van der Waals surface area contributed by atoms with Gasteiger partial charge in [0.25, 0.3) is 5.91 Å². The minimum absolute atomic E-state index is 0.0192. The van der Waals surface area contributed by atoms with Crippen LogP contribution in [0.4, 0.5) is 4.79 Å². The number of imide groups is 1. The van der Waals surface area contributed by atoms with Crippen molar-refractivity contribution >= 4 is 34.6 Å². The summed E-state index contributed by atoms with van der Waals surface area (Å²) < 4.78 is 5.81. The number of unbranched alkanes of at least 4 members (excludes halogenated alkanes) is 1. The SMILES string of the molecule is CCCC[C@](C(=O)N[C@@H](CC(C)C)[C@@H](O)C=C(CCCO)C(=O)NCC(C)C)(c1cccc2ccccc12)N(C(=O)OCc1ccccc1)C(=O)[C@H](C)N. The highest BCUT2D eigenvalue weighted by molar-refractivity contribution is 6.05. The van der Waals surface area contributed by atoms with Gasteiger partial charge in [-0.2, -0.15) is 0 Å². The lowest BCUT2D eigenvalue weighted by Crippen LogP contribution is -2.64. The Hall–Kier alpha value is -4.58. The minimum atomic E-state index is -1.97. The summed E-state index contributed by atoms with van der Waals surface area (Å²) >= 11 is 0. The number of aliphatic hydroxyl groups is 2. The number of carbonyl (C=O) groups excluding carboxylic acids is 4. The summed E-state index contributed by atoms with van der Waals surface area (Å²) in [5.41, 5.74) is 5.65. The molecule has 3 rings (SSSR count). The van der Waals surface area contributed by atoms with E-state index in [-0.39, 0.29) is 49.4 Å². The van der Waals surface area contributed by atoms with Gasteiger partial charge in [0.15, 0.2) is 5.54 Å². The van der Waals surface area contributed by atoms with Crippen LogP contribution in [-0.2, 0) is 31.3 Å². The van der Waals surface area contributed by atoms with Crippen LogP contribution in [0.1, 0.15) is 91.2 Å². The van der Waals surface area contributed by atoms with E-state index < -0.39 is 41.6 Å². The molecule has 4 amide bonds. The molecule has 3 aromatic carbocycles. The average Bonchev–Trinajstić information content (AvgIpc) is 3.15. The summed E-state index contributed by atoms with van der Waals surface area (Å²) in [6.45, 7) is 11.4. The van der Waals surface area contributed by atoms with Crippen molar-refractivity contribution in [2.45, 2.75) is 110 Å². The maximum Gasteiger partial charge on any atom is 0.418 e. The lowest BCUT2D eigenvalue weighted by Gasteiger charge is -2.43. The van der Waals surface area contributed by atoms with Crippen molar-refractivity contribution in [3.63, 3.8) is 0 Å². The summed E-state index contributed by atoms with van der Waals surface area (Å²) in [5.74, 6) is -1.70. The predicted molar refractivity (Wildman–Crippen MR) is 212 cm³/mol. The van der Waals surface area contributed by atoms with Gasteiger partial charge in [0.1, 0.15) is 6.61 Å². The van der Waals surface area contributed by atoms with E-state index in [2.05, 4.69) is 10.6 Å². The molecule has 0 aliphatic heterocycles. The first-order chi connectivity index (χ1) is 25.8. The number of hydrogen-bond donors (Lipinski definition) is 5. The van der Waals surface area contributed by atoms with E-state index >= 15 is 4.79 Å². The van der Waals surface area contributed by atoms with Crippen molar-refractivity contribution in [3.8, 4) is 0 Å². The number of nitrogens with two attached hydrogens (primary N) is 1. The highest BCUT2D eigenvalue weighted by Gasteiger charge is 2.53. The van der Waals surface area contributed by atoms with Crippen molar-refractivity contribution < 1.29 is 34.1 Å². The first-order valence-electron chi connectivity index (χ1n) is 19.1. The molecule has 0 unspecified atom stereocenters. The molecule has 0 aromatic heterocycles. The van der Waals surface area contributed by atoms with Gasteiger partial charge in [-0.15, -0.1) is 0 Å². The highest BCUT2D eigenvalue weighted by Crippen LogP contribution is 2.40. The number of amides is 4. The number of fused-ring (bicyclic) bond motifs is 1. The Morgan fingerprint density at radius 2 is 1.57 bits per heavy atom. The van der Waals surface area contributed by atoms with E-state index in [1.165, 1.54) is 13.0 Å². The van der Waals surface area contributed by atoms with Gasteiger partial charge in [-0.1, -0.05) is 120 Å². The van der Waals surface area contributed by atoms with Crippen LogP contribution in [0.3, 0.4) is 0 Å². The molecule has 6 N–H and O–H groups in total. The van der Waals surface area contributed by atoms with Gasteiger partial charge in [0.05, 0.1) is 18.2 Å². The third kappa shape index (κ3) is 11.7. The quantitative estimate of drug-likeness (QED) is 0.0864. The van der Waals surface area contributed by atoms with Crippen LogP contribution in [0.25, 0.3) is 10.8 Å². The lowest BCUT2D eigenvalue weighted by molar-refractivity contribution is -0.148. The van der Waals surface area contributed by atoms with E-state index in [4.69, 9.17) is 10.5 Å². The molecule has 11 heteroatoms. The molecule has 0 spiro atoms. The zero-order chi connectivity index (χ0) is 39.8. The first kappa shape index (κ1) is 43.8. The summed E-state index contributed by atoms with van der Waals surface area (Å²) in [7, 11) is 0. The molecule has 0 heterocycles. The number of carbonyl (C=O) groups is 4. The fourth-order valence-corrected chi connectivity index (χ4v) is 6.50. The number of aliphatic hydroxyl groups excluding tert-OH is 2. The summed E-state index contributed by atoms with van der Waals surface area (Å²) in [4.78, 5) is 58.3. The van der Waals surface area contributed by atoms with Gasteiger partial charge < -0.3 is 31.3 Å². The maximum absolute atomic E-state index is 15.4. The molecule has 54 heavy (non-hydrogen) atoms. The molecule has 0 radical (unpaired) electrons. The van der Waals surface area contributed by atoms with E-state index in [1.54, 1.807) is 36.4 Å².